The van der Waals surface area contributed by atoms with Crippen molar-refractivity contribution in [3.63, 3.8) is 0 Å². The first-order valence-electron chi connectivity index (χ1n) is 6.46. The van der Waals surface area contributed by atoms with Crippen LogP contribution in [0.2, 0.25) is 0 Å². The summed E-state index contributed by atoms with van der Waals surface area (Å²) >= 11 is 0. The van der Waals surface area contributed by atoms with Gasteiger partial charge < -0.3 is 4.55 Å². The van der Waals surface area contributed by atoms with Crippen LogP contribution in [0, 0.1) is 11.8 Å². The molecule has 0 spiro atoms. The average molecular weight is 382 g/mol. The standard InChI is InChI=1S/C14H9N2O3S.H2O4S/c15-8-16-9-5-6-11-13(7-9)20(18,19)12-4-2-1-3-10(12)14(11)17;1-5(2,3)4/h1-8,15H;(H2,1,2,3,4)/q+1;/p-1. The molecule has 1 aliphatic carbocycles. The minimum Gasteiger partial charge on any atom is -0.726 e. The first kappa shape index (κ1) is 18.7. The highest BCUT2D eigenvalue weighted by molar-refractivity contribution is 7.96. The summed E-state index contributed by atoms with van der Waals surface area (Å²) in [6, 6.07) is 6.15. The number of allylic oxidation sites excluding steroid dienone is 3. The third-order valence-corrected chi connectivity index (χ3v) is 4.99. The molecule has 0 unspecified atom stereocenters. The monoisotopic (exact) mass is 382 g/mol. The van der Waals surface area contributed by atoms with Gasteiger partial charge in [-0.15, -0.1) is 0 Å². The summed E-state index contributed by atoms with van der Waals surface area (Å²) in [6.07, 6.45) is 5.11. The third-order valence-electron chi connectivity index (χ3n) is 3.13. The summed E-state index contributed by atoms with van der Waals surface area (Å²) in [6.45, 7) is 0. The quantitative estimate of drug-likeness (QED) is 0.237. The number of fused-ring (bicyclic) bond motifs is 2. The van der Waals surface area contributed by atoms with Crippen molar-refractivity contribution in [2.45, 2.75) is 4.90 Å². The Morgan fingerprint density at radius 3 is 2.48 bits per heavy atom. The molecule has 11 heteroatoms. The number of aliphatic imine (C=N–C) groups is 1. The van der Waals surface area contributed by atoms with Crippen LogP contribution in [0.5, 0.6) is 0 Å². The van der Waals surface area contributed by atoms with Gasteiger partial charge in [0.2, 0.25) is 20.2 Å². The molecular weight excluding hydrogens is 372 g/mol. The van der Waals surface area contributed by atoms with Crippen molar-refractivity contribution in [1.29, 1.82) is 5.41 Å². The van der Waals surface area contributed by atoms with E-state index in [1.807, 2.05) is 0 Å². The summed E-state index contributed by atoms with van der Waals surface area (Å²) in [7, 11) is -8.65. The molecule has 25 heavy (non-hydrogen) atoms. The molecule has 1 aliphatic heterocycles. The van der Waals surface area contributed by atoms with E-state index in [4.69, 9.17) is 22.9 Å². The maximum Gasteiger partial charge on any atom is 0.250 e. The highest BCUT2D eigenvalue weighted by Gasteiger charge is 2.44. The molecule has 0 aromatic heterocycles. The Hall–Kier alpha value is -2.60. The predicted molar refractivity (Wildman–Crippen MR) is 87.0 cm³/mol. The van der Waals surface area contributed by atoms with Crippen molar-refractivity contribution in [1.82, 2.24) is 0 Å². The Morgan fingerprint density at radius 2 is 1.88 bits per heavy atom. The number of hydrogen-bond donors (Lipinski definition) is 2. The Balaban J connectivity index is 0.000000399. The van der Waals surface area contributed by atoms with Crippen LogP contribution in [0.25, 0.3) is 0 Å². The summed E-state index contributed by atoms with van der Waals surface area (Å²) < 4.78 is 57.9. The molecule has 0 radical (unpaired) electrons. The van der Waals surface area contributed by atoms with Crippen LogP contribution in [0.1, 0.15) is 10.4 Å². The fraction of sp³-hybridized carbons (Fsp3) is 0. The van der Waals surface area contributed by atoms with E-state index in [2.05, 4.69) is 4.99 Å². The minimum atomic E-state index is -4.92. The molecule has 0 atom stereocenters. The lowest BCUT2D eigenvalue weighted by atomic mass is 9.96. The van der Waals surface area contributed by atoms with Gasteiger partial charge in [0.15, 0.2) is 10.6 Å². The number of Topliss-reactive ketones (excluding diaryl/α,β-unsaturated/α-hetero) is 1. The van der Waals surface area contributed by atoms with Crippen LogP contribution in [0.3, 0.4) is 0 Å². The molecule has 3 rings (SSSR count). The molecule has 0 bridgehead atoms. The van der Waals surface area contributed by atoms with Crippen LogP contribution in [0.4, 0.5) is 0 Å². The first-order valence-corrected chi connectivity index (χ1v) is 9.31. The normalized spacial score (nSPS) is 19.3. The summed E-state index contributed by atoms with van der Waals surface area (Å²) in [5.41, 5.74) is 0.666. The van der Waals surface area contributed by atoms with Crippen molar-refractivity contribution in [3.05, 3.63) is 58.9 Å². The van der Waals surface area contributed by atoms with Crippen LogP contribution < -0.4 is 0 Å². The summed E-state index contributed by atoms with van der Waals surface area (Å²) in [5.74, 6) is -0.313. The fourth-order valence-corrected chi connectivity index (χ4v) is 3.90. The van der Waals surface area contributed by atoms with Gasteiger partial charge in [-0.2, -0.15) is 0 Å². The Labute approximate surface area is 143 Å². The second kappa shape index (κ2) is 6.72. The van der Waals surface area contributed by atoms with E-state index in [9.17, 15) is 13.2 Å². The van der Waals surface area contributed by atoms with Crippen LogP contribution in [-0.4, -0.2) is 43.8 Å². The summed E-state index contributed by atoms with van der Waals surface area (Å²) in [4.78, 5) is 16.0. The average Bonchev–Trinajstić information content (AvgIpc) is 2.52. The number of ketones is 1. The Bertz CT molecular complexity index is 1040. The fourth-order valence-electron chi connectivity index (χ4n) is 2.23. The second-order valence-corrected chi connectivity index (χ2v) is 7.44. The molecule has 2 aliphatic rings. The lowest BCUT2D eigenvalue weighted by molar-refractivity contribution is 0.103. The maximum absolute atomic E-state index is 12.5. The molecule has 1 aromatic rings. The van der Waals surface area contributed by atoms with Crippen molar-refractivity contribution in [2.24, 2.45) is 4.99 Å². The van der Waals surface area contributed by atoms with Gasteiger partial charge in [-0.05, 0) is 12.1 Å². The van der Waals surface area contributed by atoms with E-state index in [1.54, 1.807) is 12.1 Å². The molecule has 0 fully saturated rings. The van der Waals surface area contributed by atoms with Gasteiger partial charge in [0, 0.05) is 0 Å². The van der Waals surface area contributed by atoms with Gasteiger partial charge in [0.1, 0.15) is 11.9 Å². The SMILES string of the molecule is N=CN=C1C=C2C(=C[CH+]1)C(=O)c1ccccc1S2(=O)=O.O=S(=O)([O-])O. The Kier molecular flexibility index (Phi) is 5.04. The number of nitrogens with zero attached hydrogens (tertiary/aromatic N) is 1. The number of benzene rings is 1. The van der Waals surface area contributed by atoms with Crippen LogP contribution >= 0.6 is 0 Å². The van der Waals surface area contributed by atoms with Crippen molar-refractivity contribution in [3.8, 4) is 0 Å². The van der Waals surface area contributed by atoms with E-state index in [0.29, 0.717) is 5.71 Å². The van der Waals surface area contributed by atoms with E-state index >= 15 is 0 Å². The second-order valence-electron chi connectivity index (χ2n) is 4.70. The highest BCUT2D eigenvalue weighted by atomic mass is 32.3. The minimum absolute atomic E-state index is 0.0181. The van der Waals surface area contributed by atoms with E-state index in [-0.39, 0.29) is 26.7 Å². The molecule has 9 nitrogen and oxygen atoms in total. The number of carbonyl (C=O) groups is 1. The zero-order chi connectivity index (χ0) is 18.8. The lowest BCUT2D eigenvalue weighted by Gasteiger charge is -2.17. The molecule has 0 saturated heterocycles. The van der Waals surface area contributed by atoms with Crippen molar-refractivity contribution < 1.29 is 30.7 Å². The van der Waals surface area contributed by atoms with Gasteiger partial charge in [-0.3, -0.25) is 14.8 Å². The molecule has 130 valence electrons. The van der Waals surface area contributed by atoms with E-state index in [0.717, 1.165) is 6.34 Å². The number of sulfone groups is 1. The van der Waals surface area contributed by atoms with Gasteiger partial charge in [-0.25, -0.2) is 21.8 Å². The summed E-state index contributed by atoms with van der Waals surface area (Å²) in [5, 5.41) is 6.93. The maximum atomic E-state index is 12.5. The third kappa shape index (κ3) is 4.09. The van der Waals surface area contributed by atoms with Gasteiger partial charge in [0.05, 0.1) is 29.0 Å². The highest BCUT2D eigenvalue weighted by Crippen LogP contribution is 2.37. The smallest absolute Gasteiger partial charge is 0.250 e. The Morgan fingerprint density at radius 1 is 1.28 bits per heavy atom. The van der Waals surface area contributed by atoms with Crippen molar-refractivity contribution in [2.75, 3.05) is 0 Å². The zero-order valence-corrected chi connectivity index (χ0v) is 13.9. The molecule has 0 amide bonds. The number of nitrogens with one attached hydrogen (secondary N) is 1. The first-order chi connectivity index (χ1) is 11.6. The van der Waals surface area contributed by atoms with E-state index in [1.165, 1.54) is 30.7 Å². The molecule has 0 saturated carbocycles. The van der Waals surface area contributed by atoms with E-state index < -0.39 is 20.2 Å². The van der Waals surface area contributed by atoms with Gasteiger partial charge >= 0.3 is 0 Å². The predicted octanol–water partition coefficient (Wildman–Crippen LogP) is 0.737. The van der Waals surface area contributed by atoms with Crippen LogP contribution in [0.15, 0.2) is 56.8 Å². The number of carbonyl (C=O) groups excluding carboxylic acids is 1. The van der Waals surface area contributed by atoms with Gasteiger partial charge in [-0.1, -0.05) is 12.1 Å². The molecule has 1 heterocycles. The number of hydrogen-bond acceptors (Lipinski definition) is 7. The van der Waals surface area contributed by atoms with Gasteiger partial charge in [0.25, 0.3) is 5.78 Å². The molecule has 1 aromatic carbocycles. The molecular formula is C14H10N2O7S2. The molecule has 2 N–H and O–H groups in total. The van der Waals surface area contributed by atoms with Crippen molar-refractivity contribution >= 4 is 38.1 Å². The largest absolute Gasteiger partial charge is 0.726 e. The number of rotatable bonds is 1. The zero-order valence-electron chi connectivity index (χ0n) is 12.3. The topological polar surface area (TPSA) is 165 Å². The lowest BCUT2D eigenvalue weighted by Crippen LogP contribution is -2.25. The van der Waals surface area contributed by atoms with Crippen LogP contribution in [-0.2, 0) is 20.2 Å².